The van der Waals surface area contributed by atoms with Gasteiger partial charge in [0.1, 0.15) is 6.26 Å². The lowest BCUT2D eigenvalue weighted by Gasteiger charge is -2.35. The van der Waals surface area contributed by atoms with Gasteiger partial charge in [-0.15, -0.1) is 12.4 Å². The summed E-state index contributed by atoms with van der Waals surface area (Å²) in [6, 6.07) is 7.55. The van der Waals surface area contributed by atoms with Crippen LogP contribution in [0.15, 0.2) is 34.9 Å². The van der Waals surface area contributed by atoms with Crippen LogP contribution in [0.3, 0.4) is 0 Å². The number of piperidine rings is 1. The van der Waals surface area contributed by atoms with Crippen molar-refractivity contribution in [1.29, 1.82) is 0 Å². The summed E-state index contributed by atoms with van der Waals surface area (Å²) in [6.07, 6.45) is 3.15. The molecular weight excluding hydrogens is 342 g/mol. The maximum atomic E-state index is 12.9. The molecule has 25 heavy (non-hydrogen) atoms. The molecule has 0 bridgehead atoms. The Morgan fingerprint density at radius 1 is 1.40 bits per heavy atom. The number of benzene rings is 1. The number of aromatic nitrogens is 1. The fourth-order valence-electron chi connectivity index (χ4n) is 3.10. The Morgan fingerprint density at radius 3 is 2.80 bits per heavy atom. The van der Waals surface area contributed by atoms with Crippen LogP contribution in [0.5, 0.6) is 0 Å². The molecule has 7 heteroatoms. The first-order chi connectivity index (χ1) is 11.6. The summed E-state index contributed by atoms with van der Waals surface area (Å²) in [5.74, 6) is 0.559. The molecule has 0 atom stereocenters. The molecule has 1 aromatic carbocycles. The number of ether oxygens (including phenoxy) is 1. The lowest BCUT2D eigenvalue weighted by atomic mass is 9.78. The van der Waals surface area contributed by atoms with E-state index in [0.717, 1.165) is 42.9 Å². The molecule has 1 aliphatic rings. The molecule has 1 aromatic heterocycles. The van der Waals surface area contributed by atoms with Crippen LogP contribution < -0.4 is 10.6 Å². The average molecular weight is 366 g/mol. The molecule has 2 aromatic rings. The lowest BCUT2D eigenvalue weighted by Crippen LogP contribution is -2.47. The van der Waals surface area contributed by atoms with Gasteiger partial charge in [-0.05, 0) is 51.1 Å². The van der Waals surface area contributed by atoms with Crippen molar-refractivity contribution in [2.75, 3.05) is 32.1 Å². The molecule has 0 saturated carbocycles. The number of amides is 1. The van der Waals surface area contributed by atoms with E-state index in [1.54, 1.807) is 13.4 Å². The molecule has 1 saturated heterocycles. The van der Waals surface area contributed by atoms with E-state index in [0.29, 0.717) is 12.5 Å². The van der Waals surface area contributed by atoms with Gasteiger partial charge >= 0.3 is 0 Å². The van der Waals surface area contributed by atoms with Gasteiger partial charge < -0.3 is 19.8 Å². The maximum absolute atomic E-state index is 12.9. The zero-order chi connectivity index (χ0) is 17.0. The van der Waals surface area contributed by atoms with Gasteiger partial charge in [0.15, 0.2) is 0 Å². The highest BCUT2D eigenvalue weighted by Gasteiger charge is 2.39. The summed E-state index contributed by atoms with van der Waals surface area (Å²) in [5.41, 5.74) is 1.93. The van der Waals surface area contributed by atoms with E-state index >= 15 is 0 Å². The summed E-state index contributed by atoms with van der Waals surface area (Å²) >= 11 is 0. The Hall–Kier alpha value is -1.89. The SMILES string of the molecule is COCC1(C(=O)Nc2cccc(-c3nc(C)co3)c2)CCNCC1.Cl. The van der Waals surface area contributed by atoms with Crippen molar-refractivity contribution in [3.05, 3.63) is 36.2 Å². The van der Waals surface area contributed by atoms with Gasteiger partial charge in [0.05, 0.1) is 17.7 Å². The van der Waals surface area contributed by atoms with Crippen LogP contribution in [0.4, 0.5) is 5.69 Å². The number of aryl methyl sites for hydroxylation is 1. The van der Waals surface area contributed by atoms with Gasteiger partial charge in [0.2, 0.25) is 11.8 Å². The molecule has 0 radical (unpaired) electrons. The number of hydrogen-bond donors (Lipinski definition) is 2. The molecule has 0 unspecified atom stereocenters. The van der Waals surface area contributed by atoms with Crippen LogP contribution in [0, 0.1) is 12.3 Å². The molecule has 6 nitrogen and oxygen atoms in total. The van der Waals surface area contributed by atoms with Crippen molar-refractivity contribution in [1.82, 2.24) is 10.3 Å². The maximum Gasteiger partial charge on any atom is 0.233 e. The quantitative estimate of drug-likeness (QED) is 0.851. The summed E-state index contributed by atoms with van der Waals surface area (Å²) in [5, 5.41) is 6.33. The average Bonchev–Trinajstić information content (AvgIpc) is 3.03. The fourth-order valence-corrected chi connectivity index (χ4v) is 3.10. The van der Waals surface area contributed by atoms with Crippen molar-refractivity contribution < 1.29 is 13.9 Å². The van der Waals surface area contributed by atoms with Crippen molar-refractivity contribution in [3.8, 4) is 11.5 Å². The third-order valence-corrected chi connectivity index (χ3v) is 4.45. The molecule has 2 heterocycles. The first kappa shape index (κ1) is 19.4. The predicted molar refractivity (Wildman–Crippen MR) is 99.0 cm³/mol. The molecule has 3 rings (SSSR count). The van der Waals surface area contributed by atoms with Gasteiger partial charge in [0.25, 0.3) is 0 Å². The smallest absolute Gasteiger partial charge is 0.233 e. The highest BCUT2D eigenvalue weighted by Crippen LogP contribution is 2.31. The van der Waals surface area contributed by atoms with E-state index in [1.807, 2.05) is 31.2 Å². The topological polar surface area (TPSA) is 76.4 Å². The molecule has 1 fully saturated rings. The number of rotatable bonds is 5. The number of halogens is 1. The van der Waals surface area contributed by atoms with Gasteiger partial charge in [0, 0.05) is 18.4 Å². The second-order valence-corrected chi connectivity index (χ2v) is 6.29. The minimum absolute atomic E-state index is 0. The van der Waals surface area contributed by atoms with E-state index in [9.17, 15) is 4.79 Å². The first-order valence-corrected chi connectivity index (χ1v) is 8.17. The molecule has 0 aliphatic carbocycles. The zero-order valence-corrected chi connectivity index (χ0v) is 15.3. The fraction of sp³-hybridized carbons (Fsp3) is 0.444. The van der Waals surface area contributed by atoms with Gasteiger partial charge in [-0.1, -0.05) is 6.07 Å². The Labute approximate surface area is 153 Å². The number of hydrogen-bond acceptors (Lipinski definition) is 5. The van der Waals surface area contributed by atoms with E-state index in [-0.39, 0.29) is 18.3 Å². The highest BCUT2D eigenvalue weighted by atomic mass is 35.5. The normalized spacial score (nSPS) is 16.1. The third-order valence-electron chi connectivity index (χ3n) is 4.45. The van der Waals surface area contributed by atoms with Gasteiger partial charge in [-0.3, -0.25) is 4.79 Å². The number of oxazole rings is 1. The third kappa shape index (κ3) is 4.39. The monoisotopic (exact) mass is 365 g/mol. The van der Waals surface area contributed by atoms with Crippen molar-refractivity contribution >= 4 is 24.0 Å². The van der Waals surface area contributed by atoms with E-state index in [4.69, 9.17) is 9.15 Å². The van der Waals surface area contributed by atoms with E-state index in [2.05, 4.69) is 15.6 Å². The second-order valence-electron chi connectivity index (χ2n) is 6.29. The number of carbonyl (C=O) groups is 1. The number of nitrogens with zero attached hydrogens (tertiary/aromatic N) is 1. The second kappa shape index (κ2) is 8.47. The Kier molecular flexibility index (Phi) is 6.58. The van der Waals surface area contributed by atoms with Gasteiger partial charge in [-0.25, -0.2) is 4.98 Å². The van der Waals surface area contributed by atoms with Gasteiger partial charge in [-0.2, -0.15) is 0 Å². The predicted octanol–water partition coefficient (Wildman–Crippen LogP) is 3.03. The largest absolute Gasteiger partial charge is 0.444 e. The van der Waals surface area contributed by atoms with E-state index < -0.39 is 5.41 Å². The lowest BCUT2D eigenvalue weighted by molar-refractivity contribution is -0.130. The minimum Gasteiger partial charge on any atom is -0.444 e. The summed E-state index contributed by atoms with van der Waals surface area (Å²) in [4.78, 5) is 17.2. The van der Waals surface area contributed by atoms with Crippen LogP contribution in [0.25, 0.3) is 11.5 Å². The number of methoxy groups -OCH3 is 1. The molecule has 0 spiro atoms. The first-order valence-electron chi connectivity index (χ1n) is 8.17. The van der Waals surface area contributed by atoms with Crippen LogP contribution in [0.2, 0.25) is 0 Å². The zero-order valence-electron chi connectivity index (χ0n) is 14.5. The van der Waals surface area contributed by atoms with E-state index in [1.165, 1.54) is 0 Å². The molecule has 136 valence electrons. The highest BCUT2D eigenvalue weighted by molar-refractivity contribution is 5.96. The minimum atomic E-state index is -0.477. The summed E-state index contributed by atoms with van der Waals surface area (Å²) in [6.45, 7) is 3.96. The van der Waals surface area contributed by atoms with Crippen LogP contribution in [0.1, 0.15) is 18.5 Å². The van der Waals surface area contributed by atoms with Crippen molar-refractivity contribution in [3.63, 3.8) is 0 Å². The summed E-state index contributed by atoms with van der Waals surface area (Å²) in [7, 11) is 1.64. The van der Waals surface area contributed by atoms with Crippen LogP contribution in [-0.2, 0) is 9.53 Å². The van der Waals surface area contributed by atoms with Crippen LogP contribution >= 0.6 is 12.4 Å². The number of nitrogens with one attached hydrogen (secondary N) is 2. The van der Waals surface area contributed by atoms with Crippen molar-refractivity contribution in [2.45, 2.75) is 19.8 Å². The Balaban J connectivity index is 0.00000225. The molecular formula is C18H24ClN3O3. The van der Waals surface area contributed by atoms with Crippen molar-refractivity contribution in [2.24, 2.45) is 5.41 Å². The number of carbonyl (C=O) groups excluding carboxylic acids is 1. The summed E-state index contributed by atoms with van der Waals surface area (Å²) < 4.78 is 10.8. The van der Waals surface area contributed by atoms with Crippen LogP contribution in [-0.4, -0.2) is 37.7 Å². The molecule has 1 amide bonds. The Morgan fingerprint density at radius 2 is 2.16 bits per heavy atom. The molecule has 1 aliphatic heterocycles. The number of anilines is 1. The molecule has 2 N–H and O–H groups in total. The Bertz CT molecular complexity index is 706. The standard InChI is InChI=1S/C18H23N3O3.ClH/c1-13-11-24-16(20-13)14-4-3-5-15(10-14)21-17(22)18(12-23-2)6-8-19-9-7-18;/h3-5,10-11,19H,6-9,12H2,1-2H3,(H,21,22);1H.